The molecule has 15 nitrogen and oxygen atoms in total. The van der Waals surface area contributed by atoms with E-state index in [0.29, 0.717) is 45.7 Å². The standard InChI is InChI=1S/C30H35N5O10S/c1-17(2)13-35(46(39,40)22-9-10-25-26(12-22)43-16-42-25)14-24(36)23(31-30(37)38)11-20-5-7-21(8-6-20)41-15-27-32-29(45-34-27)28-18(3)33-44-19(28)4/h5-10,12,17,23-24,31,36H,11,13-16H2,1-4H3,(H,37,38)/t23-,24-/m0/s1. The molecule has 5 rings (SSSR count). The van der Waals surface area contributed by atoms with E-state index >= 15 is 0 Å². The molecule has 1 aliphatic rings. The fourth-order valence-electron chi connectivity index (χ4n) is 4.97. The maximum Gasteiger partial charge on any atom is 0.404 e. The van der Waals surface area contributed by atoms with Gasteiger partial charge in [0.2, 0.25) is 22.6 Å². The third kappa shape index (κ3) is 7.58. The van der Waals surface area contributed by atoms with E-state index in [4.69, 9.17) is 23.3 Å². The molecular weight excluding hydrogens is 622 g/mol. The van der Waals surface area contributed by atoms with Crippen molar-refractivity contribution in [2.45, 2.75) is 57.8 Å². The van der Waals surface area contributed by atoms with E-state index in [0.717, 1.165) is 4.31 Å². The molecule has 1 amide bonds. The van der Waals surface area contributed by atoms with Crippen molar-refractivity contribution in [1.29, 1.82) is 0 Å². The zero-order valence-corrected chi connectivity index (χ0v) is 26.5. The van der Waals surface area contributed by atoms with Crippen LogP contribution in [0.25, 0.3) is 11.5 Å². The molecule has 0 radical (unpaired) electrons. The lowest BCUT2D eigenvalue weighted by atomic mass is 10.0. The van der Waals surface area contributed by atoms with Crippen LogP contribution in [0.1, 0.15) is 36.7 Å². The minimum absolute atomic E-state index is 0.00705. The number of aliphatic hydroxyl groups is 1. The molecule has 0 saturated carbocycles. The van der Waals surface area contributed by atoms with E-state index in [2.05, 4.69) is 20.6 Å². The van der Waals surface area contributed by atoms with Gasteiger partial charge in [-0.05, 0) is 56.0 Å². The van der Waals surface area contributed by atoms with E-state index < -0.39 is 28.3 Å². The van der Waals surface area contributed by atoms with Crippen LogP contribution in [0.15, 0.2) is 56.4 Å². The van der Waals surface area contributed by atoms with Crippen LogP contribution in [0.4, 0.5) is 4.79 Å². The predicted octanol–water partition coefficient (Wildman–Crippen LogP) is 3.54. The Bertz CT molecular complexity index is 1750. The van der Waals surface area contributed by atoms with Gasteiger partial charge in [-0.2, -0.15) is 9.29 Å². The number of rotatable bonds is 14. The highest BCUT2D eigenvalue weighted by Gasteiger charge is 2.32. The molecule has 0 bridgehead atoms. The van der Waals surface area contributed by atoms with Crippen LogP contribution in [0.5, 0.6) is 17.2 Å². The Hall–Kier alpha value is -4.67. The first-order valence-corrected chi connectivity index (χ1v) is 15.9. The Labute approximate surface area is 265 Å². The molecule has 16 heteroatoms. The number of carbonyl (C=O) groups is 1. The van der Waals surface area contributed by atoms with E-state index in [-0.39, 0.29) is 49.6 Å². The average Bonchev–Trinajstić information content (AvgIpc) is 3.75. The fraction of sp³-hybridized carbons (Fsp3) is 0.400. The van der Waals surface area contributed by atoms with E-state index in [1.807, 2.05) is 13.8 Å². The number of nitrogens with zero attached hydrogens (tertiary/aromatic N) is 4. The number of benzene rings is 2. The van der Waals surface area contributed by atoms with Crippen molar-refractivity contribution >= 4 is 16.1 Å². The molecule has 0 unspecified atom stereocenters. The summed E-state index contributed by atoms with van der Waals surface area (Å²) in [5.74, 6) is 2.31. The second-order valence-corrected chi connectivity index (χ2v) is 13.1. The average molecular weight is 658 g/mol. The van der Waals surface area contributed by atoms with Crippen molar-refractivity contribution in [2.24, 2.45) is 5.92 Å². The largest absolute Gasteiger partial charge is 0.485 e. The van der Waals surface area contributed by atoms with Gasteiger partial charge in [0.25, 0.3) is 5.89 Å². The third-order valence-electron chi connectivity index (χ3n) is 7.18. The van der Waals surface area contributed by atoms with Crippen molar-refractivity contribution < 1.29 is 46.7 Å². The second kappa shape index (κ2) is 13.8. The Morgan fingerprint density at radius 1 is 1.04 bits per heavy atom. The van der Waals surface area contributed by atoms with Gasteiger partial charge in [0.05, 0.1) is 22.7 Å². The third-order valence-corrected chi connectivity index (χ3v) is 9.00. The topological polar surface area (TPSA) is 200 Å². The Morgan fingerprint density at radius 3 is 2.46 bits per heavy atom. The van der Waals surface area contributed by atoms with Crippen molar-refractivity contribution in [1.82, 2.24) is 24.9 Å². The first-order valence-electron chi connectivity index (χ1n) is 14.5. The molecule has 3 heterocycles. The van der Waals surface area contributed by atoms with Crippen LogP contribution in [0.2, 0.25) is 0 Å². The monoisotopic (exact) mass is 657 g/mol. The maximum atomic E-state index is 13.6. The summed E-state index contributed by atoms with van der Waals surface area (Å²) in [5.41, 5.74) is 1.94. The van der Waals surface area contributed by atoms with Crippen molar-refractivity contribution in [3.05, 3.63) is 65.3 Å². The highest BCUT2D eigenvalue weighted by molar-refractivity contribution is 7.89. The zero-order chi connectivity index (χ0) is 33.0. The molecule has 4 aromatic rings. The summed E-state index contributed by atoms with van der Waals surface area (Å²) in [6, 6.07) is 10.1. The van der Waals surface area contributed by atoms with Gasteiger partial charge < -0.3 is 38.8 Å². The number of aromatic nitrogens is 3. The molecule has 2 atom stereocenters. The lowest BCUT2D eigenvalue weighted by Gasteiger charge is -2.30. The summed E-state index contributed by atoms with van der Waals surface area (Å²) in [6.45, 7) is 6.99. The molecule has 0 aliphatic carbocycles. The van der Waals surface area contributed by atoms with E-state index in [1.54, 1.807) is 38.1 Å². The van der Waals surface area contributed by atoms with Gasteiger partial charge in [0, 0.05) is 19.2 Å². The first-order chi connectivity index (χ1) is 21.9. The Kier molecular flexibility index (Phi) is 9.79. The van der Waals surface area contributed by atoms with Gasteiger partial charge >= 0.3 is 6.09 Å². The van der Waals surface area contributed by atoms with Crippen molar-refractivity contribution in [2.75, 3.05) is 19.9 Å². The van der Waals surface area contributed by atoms with Crippen LogP contribution in [-0.2, 0) is 23.1 Å². The second-order valence-electron chi connectivity index (χ2n) is 11.2. The quantitative estimate of drug-likeness (QED) is 0.178. The summed E-state index contributed by atoms with van der Waals surface area (Å²) in [6.07, 6.45) is -2.65. The van der Waals surface area contributed by atoms with Crippen LogP contribution in [0, 0.1) is 19.8 Å². The van der Waals surface area contributed by atoms with Crippen LogP contribution >= 0.6 is 0 Å². The SMILES string of the molecule is Cc1noc(C)c1-c1nc(COc2ccc(C[C@H](NC(=O)O)[C@@H](O)CN(CC(C)C)S(=O)(=O)c3ccc4c(c3)OCO4)cc2)no1. The minimum Gasteiger partial charge on any atom is -0.485 e. The fourth-order valence-corrected chi connectivity index (χ4v) is 6.61. The lowest BCUT2D eigenvalue weighted by Crippen LogP contribution is -2.50. The predicted molar refractivity (Wildman–Crippen MR) is 161 cm³/mol. The molecule has 1 aliphatic heterocycles. The van der Waals surface area contributed by atoms with Crippen molar-refractivity contribution in [3.8, 4) is 28.7 Å². The Balaban J connectivity index is 1.24. The molecule has 2 aromatic heterocycles. The van der Waals surface area contributed by atoms with E-state index in [9.17, 15) is 23.4 Å². The maximum absolute atomic E-state index is 13.6. The number of aliphatic hydroxyl groups excluding tert-OH is 1. The number of hydrogen-bond acceptors (Lipinski definition) is 12. The Morgan fingerprint density at radius 2 is 1.78 bits per heavy atom. The number of carboxylic acid groups (broad SMARTS) is 1. The van der Waals surface area contributed by atoms with Gasteiger partial charge in [-0.25, -0.2) is 13.2 Å². The molecule has 2 aromatic carbocycles. The lowest BCUT2D eigenvalue weighted by molar-refractivity contribution is 0.0980. The van der Waals surface area contributed by atoms with Gasteiger partial charge in [-0.15, -0.1) is 0 Å². The zero-order valence-electron chi connectivity index (χ0n) is 25.7. The number of ether oxygens (including phenoxy) is 3. The number of nitrogens with one attached hydrogen (secondary N) is 1. The number of hydrogen-bond donors (Lipinski definition) is 3. The highest BCUT2D eigenvalue weighted by Crippen LogP contribution is 2.35. The first kappa shape index (κ1) is 32.7. The number of fused-ring (bicyclic) bond motifs is 1. The summed E-state index contributed by atoms with van der Waals surface area (Å²) in [7, 11) is -4.08. The molecule has 0 fully saturated rings. The van der Waals surface area contributed by atoms with Crippen LogP contribution in [-0.4, -0.2) is 76.4 Å². The van der Waals surface area contributed by atoms with Gasteiger partial charge in [0.15, 0.2) is 18.1 Å². The summed E-state index contributed by atoms with van der Waals surface area (Å²) >= 11 is 0. The molecule has 0 saturated heterocycles. The van der Waals surface area contributed by atoms with Gasteiger partial charge in [-0.1, -0.05) is 36.3 Å². The smallest absolute Gasteiger partial charge is 0.404 e. The number of aryl methyl sites for hydroxylation is 2. The molecule has 246 valence electrons. The van der Waals surface area contributed by atoms with Gasteiger partial charge in [-0.3, -0.25) is 0 Å². The van der Waals surface area contributed by atoms with Gasteiger partial charge in [0.1, 0.15) is 17.1 Å². The van der Waals surface area contributed by atoms with Crippen molar-refractivity contribution in [3.63, 3.8) is 0 Å². The summed E-state index contributed by atoms with van der Waals surface area (Å²) in [5, 5.41) is 30.9. The normalized spacial score (nSPS) is 14.1. The summed E-state index contributed by atoms with van der Waals surface area (Å²) < 4.78 is 55.3. The molecular formula is C30H35N5O10S. The van der Waals surface area contributed by atoms with E-state index in [1.165, 1.54) is 18.2 Å². The summed E-state index contributed by atoms with van der Waals surface area (Å²) in [4.78, 5) is 16.0. The molecule has 3 N–H and O–H groups in total. The minimum atomic E-state index is -4.08. The van der Waals surface area contributed by atoms with Crippen LogP contribution < -0.4 is 19.5 Å². The highest BCUT2D eigenvalue weighted by atomic mass is 32.2. The van der Waals surface area contributed by atoms with Crippen LogP contribution in [0.3, 0.4) is 0 Å². The number of amides is 1. The number of sulfonamides is 1. The molecule has 46 heavy (non-hydrogen) atoms. The molecule has 0 spiro atoms.